The summed E-state index contributed by atoms with van der Waals surface area (Å²) in [5.41, 5.74) is 0.766. The van der Waals surface area contributed by atoms with Crippen LogP contribution in [0.2, 0.25) is 0 Å². The Morgan fingerprint density at radius 3 is 2.62 bits per heavy atom. The maximum Gasteiger partial charge on any atom is 0.387 e. The highest BCUT2D eigenvalue weighted by Gasteiger charge is 2.05. The normalized spacial score (nSPS) is 10.2. The van der Waals surface area contributed by atoms with Gasteiger partial charge in [-0.15, -0.1) is 0 Å². The summed E-state index contributed by atoms with van der Waals surface area (Å²) in [4.78, 5) is 0. The van der Waals surface area contributed by atoms with E-state index in [9.17, 15) is 8.78 Å². The smallest absolute Gasteiger partial charge is 0.387 e. The summed E-state index contributed by atoms with van der Waals surface area (Å²) in [5, 5.41) is 0. The molecule has 0 spiro atoms. The number of hydrogen-bond acceptors (Lipinski definition) is 1. The third-order valence-electron chi connectivity index (χ3n) is 1.35. The molecule has 0 amide bonds. The van der Waals surface area contributed by atoms with Crippen LogP contribution >= 0.6 is 22.6 Å². The monoisotopic (exact) mass is 296 g/mol. The second-order valence-corrected chi connectivity index (χ2v) is 3.55. The Balaban J connectivity index is 2.94. The molecule has 1 aromatic rings. The first-order valence-corrected chi connectivity index (χ1v) is 4.57. The molecule has 0 aromatic heterocycles. The van der Waals surface area contributed by atoms with Crippen LogP contribution in [0.1, 0.15) is 5.56 Å². The lowest BCUT2D eigenvalue weighted by molar-refractivity contribution is -0.0498. The lowest BCUT2D eigenvalue weighted by Gasteiger charge is -2.05. The topological polar surface area (TPSA) is 9.23 Å². The van der Waals surface area contributed by atoms with E-state index in [2.05, 4.69) is 11.3 Å². The molecule has 0 atom stereocenters. The molecule has 0 saturated heterocycles. The van der Waals surface area contributed by atoms with Crippen LogP contribution in [0.5, 0.6) is 5.75 Å². The van der Waals surface area contributed by atoms with E-state index in [1.165, 1.54) is 6.07 Å². The molecular formula is C9H7F2IO. The second kappa shape index (κ2) is 4.55. The number of halogens is 3. The van der Waals surface area contributed by atoms with E-state index in [0.29, 0.717) is 0 Å². The van der Waals surface area contributed by atoms with E-state index in [-0.39, 0.29) is 5.75 Å². The molecule has 0 bridgehead atoms. The molecule has 13 heavy (non-hydrogen) atoms. The molecule has 1 rings (SSSR count). The number of alkyl halides is 2. The summed E-state index contributed by atoms with van der Waals surface area (Å²) in [5.74, 6) is 0.164. The number of benzene rings is 1. The third kappa shape index (κ3) is 3.30. The molecule has 0 fully saturated rings. The maximum absolute atomic E-state index is 11.8. The highest BCUT2D eigenvalue weighted by Crippen LogP contribution is 2.20. The Hall–Kier alpha value is -0.650. The summed E-state index contributed by atoms with van der Waals surface area (Å²) in [6.07, 6.45) is 1.58. The zero-order valence-electron chi connectivity index (χ0n) is 6.64. The summed E-state index contributed by atoms with van der Waals surface area (Å²) in [6.45, 7) is 0.764. The van der Waals surface area contributed by atoms with E-state index in [4.69, 9.17) is 0 Å². The first kappa shape index (κ1) is 10.4. The van der Waals surface area contributed by atoms with Gasteiger partial charge in [0.25, 0.3) is 0 Å². The van der Waals surface area contributed by atoms with Crippen LogP contribution in [0.25, 0.3) is 6.08 Å². The fourth-order valence-corrected chi connectivity index (χ4v) is 1.54. The van der Waals surface area contributed by atoms with Crippen molar-refractivity contribution in [3.63, 3.8) is 0 Å². The van der Waals surface area contributed by atoms with Crippen molar-refractivity contribution < 1.29 is 13.5 Å². The van der Waals surface area contributed by atoms with Crippen molar-refractivity contribution in [3.05, 3.63) is 33.9 Å². The highest BCUT2D eigenvalue weighted by molar-refractivity contribution is 14.1. The van der Waals surface area contributed by atoms with Crippen molar-refractivity contribution in [2.45, 2.75) is 6.61 Å². The molecule has 1 nitrogen and oxygen atoms in total. The second-order valence-electron chi connectivity index (χ2n) is 2.30. The quantitative estimate of drug-likeness (QED) is 0.775. The molecule has 0 N–H and O–H groups in total. The predicted molar refractivity (Wildman–Crippen MR) is 55.9 cm³/mol. The average molecular weight is 296 g/mol. The van der Waals surface area contributed by atoms with Gasteiger partial charge in [0.15, 0.2) is 0 Å². The van der Waals surface area contributed by atoms with Gasteiger partial charge in [-0.25, -0.2) is 0 Å². The van der Waals surface area contributed by atoms with Gasteiger partial charge < -0.3 is 4.74 Å². The van der Waals surface area contributed by atoms with Gasteiger partial charge in [-0.05, 0) is 46.4 Å². The molecule has 70 valence electrons. The molecule has 0 aliphatic rings. The zero-order valence-corrected chi connectivity index (χ0v) is 8.79. The van der Waals surface area contributed by atoms with Crippen LogP contribution in [0, 0.1) is 3.57 Å². The Labute approximate surface area is 88.5 Å². The van der Waals surface area contributed by atoms with E-state index in [1.54, 1.807) is 12.1 Å². The summed E-state index contributed by atoms with van der Waals surface area (Å²) >= 11 is 2.03. The lowest BCUT2D eigenvalue weighted by Crippen LogP contribution is -2.02. The third-order valence-corrected chi connectivity index (χ3v) is 1.98. The van der Waals surface area contributed by atoms with Crippen molar-refractivity contribution in [2.24, 2.45) is 0 Å². The van der Waals surface area contributed by atoms with Gasteiger partial charge in [-0.2, -0.15) is 8.78 Å². The number of ether oxygens (including phenoxy) is 1. The average Bonchev–Trinajstić information content (AvgIpc) is 2.01. The first-order chi connectivity index (χ1) is 6.11. The van der Waals surface area contributed by atoms with E-state index >= 15 is 0 Å². The summed E-state index contributed by atoms with van der Waals surface area (Å²) in [7, 11) is 0. The van der Waals surface area contributed by atoms with Gasteiger partial charge in [0, 0.05) is 3.57 Å². The molecule has 0 unspecified atom stereocenters. The summed E-state index contributed by atoms with van der Waals surface area (Å²) < 4.78 is 28.8. The van der Waals surface area contributed by atoms with Gasteiger partial charge in [-0.3, -0.25) is 0 Å². The minimum absolute atomic E-state index is 0.164. The van der Waals surface area contributed by atoms with Gasteiger partial charge in [0.1, 0.15) is 5.75 Å². The minimum Gasteiger partial charge on any atom is -0.435 e. The molecule has 0 heterocycles. The largest absolute Gasteiger partial charge is 0.435 e. The van der Waals surface area contributed by atoms with Crippen LogP contribution < -0.4 is 4.74 Å². The van der Waals surface area contributed by atoms with E-state index < -0.39 is 6.61 Å². The van der Waals surface area contributed by atoms with E-state index in [1.807, 2.05) is 28.7 Å². The number of hydrogen-bond donors (Lipinski definition) is 0. The summed E-state index contributed by atoms with van der Waals surface area (Å²) in [6, 6.07) is 4.88. The van der Waals surface area contributed by atoms with Crippen molar-refractivity contribution in [3.8, 4) is 5.75 Å². The molecular weight excluding hydrogens is 289 g/mol. The first-order valence-electron chi connectivity index (χ1n) is 3.49. The van der Waals surface area contributed by atoms with Crippen molar-refractivity contribution in [1.82, 2.24) is 0 Å². The lowest BCUT2D eigenvalue weighted by atomic mass is 10.2. The number of rotatable bonds is 3. The van der Waals surface area contributed by atoms with E-state index in [0.717, 1.165) is 9.13 Å². The Morgan fingerprint density at radius 2 is 2.08 bits per heavy atom. The minimum atomic E-state index is -2.78. The standard InChI is InChI=1S/C9H7F2IO/c1-2-6-3-7(12)5-8(4-6)13-9(10)11/h2-5,9H,1H2. The molecule has 1 aromatic carbocycles. The molecule has 0 aliphatic heterocycles. The maximum atomic E-state index is 11.8. The van der Waals surface area contributed by atoms with Crippen molar-refractivity contribution in [2.75, 3.05) is 0 Å². The molecule has 4 heteroatoms. The molecule has 0 saturated carbocycles. The van der Waals surface area contributed by atoms with Gasteiger partial charge in [-0.1, -0.05) is 12.7 Å². The zero-order chi connectivity index (χ0) is 9.84. The van der Waals surface area contributed by atoms with Gasteiger partial charge in [0.2, 0.25) is 0 Å². The van der Waals surface area contributed by atoms with Gasteiger partial charge >= 0.3 is 6.61 Å². The van der Waals surface area contributed by atoms with Crippen LogP contribution in [0.15, 0.2) is 24.8 Å². The Bertz CT molecular complexity index is 312. The van der Waals surface area contributed by atoms with Gasteiger partial charge in [0.05, 0.1) is 0 Å². The highest BCUT2D eigenvalue weighted by atomic mass is 127. The van der Waals surface area contributed by atoms with Crippen LogP contribution in [0.3, 0.4) is 0 Å². The van der Waals surface area contributed by atoms with Crippen molar-refractivity contribution in [1.29, 1.82) is 0 Å². The van der Waals surface area contributed by atoms with Crippen molar-refractivity contribution >= 4 is 28.7 Å². The fourth-order valence-electron chi connectivity index (χ4n) is 0.873. The van der Waals surface area contributed by atoms with Crippen LogP contribution in [-0.4, -0.2) is 6.61 Å². The SMILES string of the molecule is C=Cc1cc(I)cc(OC(F)F)c1. The predicted octanol–water partition coefficient (Wildman–Crippen LogP) is 3.54. The fraction of sp³-hybridized carbons (Fsp3) is 0.111. The molecule has 0 aliphatic carbocycles. The molecule has 0 radical (unpaired) electrons. The Morgan fingerprint density at radius 1 is 1.38 bits per heavy atom. The Kier molecular flexibility index (Phi) is 3.65. The van der Waals surface area contributed by atoms with Crippen LogP contribution in [-0.2, 0) is 0 Å². The van der Waals surface area contributed by atoms with Crippen LogP contribution in [0.4, 0.5) is 8.78 Å².